The maximum Gasteiger partial charge on any atom is 0.414 e. The van der Waals surface area contributed by atoms with E-state index in [1.54, 1.807) is 6.92 Å². The summed E-state index contributed by atoms with van der Waals surface area (Å²) in [5.41, 5.74) is -0.216. The molecule has 7 nitrogen and oxygen atoms in total. The lowest BCUT2D eigenvalue weighted by atomic mass is 9.99. The Balaban J connectivity index is 2.21. The predicted molar refractivity (Wildman–Crippen MR) is 103 cm³/mol. The van der Waals surface area contributed by atoms with Crippen molar-refractivity contribution in [3.8, 4) is 0 Å². The lowest BCUT2D eigenvalue weighted by molar-refractivity contribution is 0.00467. The van der Waals surface area contributed by atoms with Crippen LogP contribution >= 0.6 is 15.9 Å². The topological polar surface area (TPSA) is 89.2 Å². The Morgan fingerprint density at radius 1 is 1.39 bits per heavy atom. The molecule has 152 valence electrons. The molecule has 28 heavy (non-hydrogen) atoms. The molecule has 0 radical (unpaired) electrons. The van der Waals surface area contributed by atoms with E-state index in [2.05, 4.69) is 15.9 Å². The van der Waals surface area contributed by atoms with Crippen molar-refractivity contribution in [3.05, 3.63) is 28.2 Å². The first-order chi connectivity index (χ1) is 13.4. The molecule has 2 atom stereocenters. The molecule has 1 fully saturated rings. The van der Waals surface area contributed by atoms with Crippen molar-refractivity contribution >= 4 is 44.6 Å². The average molecular weight is 458 g/mol. The van der Waals surface area contributed by atoms with Gasteiger partial charge in [-0.3, -0.25) is 4.90 Å². The first-order valence-electron chi connectivity index (χ1n) is 9.09. The van der Waals surface area contributed by atoms with Crippen LogP contribution in [0, 0.1) is 5.82 Å². The second kappa shape index (κ2) is 8.48. The zero-order valence-corrected chi connectivity index (χ0v) is 17.1. The lowest BCUT2D eigenvalue weighted by Crippen LogP contribution is -2.46. The molecule has 1 N–H and O–H groups in total. The summed E-state index contributed by atoms with van der Waals surface area (Å²) in [6.07, 6.45) is 1.00. The van der Waals surface area contributed by atoms with Crippen LogP contribution in [0.15, 0.2) is 21.0 Å². The van der Waals surface area contributed by atoms with Crippen molar-refractivity contribution in [1.29, 1.82) is 0 Å². The molecule has 1 aliphatic heterocycles. The molecule has 1 amide bonds. The van der Waals surface area contributed by atoms with Crippen molar-refractivity contribution in [2.45, 2.75) is 45.3 Å². The van der Waals surface area contributed by atoms with Gasteiger partial charge in [-0.1, -0.05) is 22.9 Å². The smallest absolute Gasteiger partial charge is 0.414 e. The lowest BCUT2D eigenvalue weighted by Gasteiger charge is -2.36. The van der Waals surface area contributed by atoms with Crippen molar-refractivity contribution in [1.82, 2.24) is 0 Å². The third-order valence-electron chi connectivity index (χ3n) is 4.74. The van der Waals surface area contributed by atoms with E-state index in [1.165, 1.54) is 17.0 Å². The Kier molecular flexibility index (Phi) is 6.24. The Labute approximate surface area is 169 Å². The van der Waals surface area contributed by atoms with Crippen LogP contribution in [0.4, 0.5) is 14.9 Å². The number of ether oxygens (including phenoxy) is 2. The molecular formula is C19H21BrFNO6. The molecule has 2 aromatic rings. The molecule has 1 aliphatic rings. The summed E-state index contributed by atoms with van der Waals surface area (Å²) in [7, 11) is 0. The fourth-order valence-corrected chi connectivity index (χ4v) is 3.92. The Morgan fingerprint density at radius 3 is 2.79 bits per heavy atom. The van der Waals surface area contributed by atoms with Crippen LogP contribution in [-0.2, 0) is 9.47 Å². The van der Waals surface area contributed by atoms with E-state index in [0.29, 0.717) is 23.9 Å². The zero-order chi connectivity index (χ0) is 20.4. The van der Waals surface area contributed by atoms with Gasteiger partial charge in [0, 0.05) is 22.5 Å². The molecule has 9 heteroatoms. The fraction of sp³-hybridized carbons (Fsp3) is 0.474. The van der Waals surface area contributed by atoms with Crippen LogP contribution in [0.2, 0.25) is 0 Å². The van der Waals surface area contributed by atoms with E-state index in [4.69, 9.17) is 13.9 Å². The maximum atomic E-state index is 14.4. The van der Waals surface area contributed by atoms with E-state index >= 15 is 0 Å². The van der Waals surface area contributed by atoms with Gasteiger partial charge in [-0.25, -0.2) is 14.0 Å². The highest BCUT2D eigenvalue weighted by Gasteiger charge is 2.37. The summed E-state index contributed by atoms with van der Waals surface area (Å²) < 4.78 is 31.0. The van der Waals surface area contributed by atoms with E-state index in [-0.39, 0.29) is 35.4 Å². The highest BCUT2D eigenvalue weighted by Crippen LogP contribution is 2.40. The molecular weight excluding hydrogens is 437 g/mol. The molecule has 0 bridgehead atoms. The number of amides is 1. The fourth-order valence-electron chi connectivity index (χ4n) is 3.49. The molecule has 0 saturated carbocycles. The average Bonchev–Trinajstić information content (AvgIpc) is 3.02. The number of hydrogen-bond acceptors (Lipinski definition) is 5. The predicted octanol–water partition coefficient (Wildman–Crippen LogP) is 4.95. The number of carboxylic acids is 1. The zero-order valence-electron chi connectivity index (χ0n) is 15.5. The number of rotatable bonds is 5. The summed E-state index contributed by atoms with van der Waals surface area (Å²) in [5, 5.41) is 9.84. The number of fused-ring (bicyclic) bond motifs is 1. The summed E-state index contributed by atoms with van der Waals surface area (Å²) in [5.74, 6) is -2.62. The summed E-state index contributed by atoms with van der Waals surface area (Å²) in [4.78, 5) is 26.0. The molecule has 0 aliphatic carbocycles. The third-order valence-corrected chi connectivity index (χ3v) is 5.20. The number of aromatic carboxylic acids is 1. The standard InChI is InChI=1S/C19H21BrFNO6/c1-3-12-9-11(5-6-27-12)22(19(25)26-4-2)15-13-7-10(20)8-14(21)16(13)28-17(15)18(23)24/h7-8,11-12H,3-6,9H2,1-2H3,(H,23,24)/t11-,12-/m0/s1. The van der Waals surface area contributed by atoms with Crippen molar-refractivity contribution in [2.24, 2.45) is 0 Å². The van der Waals surface area contributed by atoms with Gasteiger partial charge in [0.15, 0.2) is 11.4 Å². The quantitative estimate of drug-likeness (QED) is 0.682. The van der Waals surface area contributed by atoms with Gasteiger partial charge < -0.3 is 19.0 Å². The first-order valence-corrected chi connectivity index (χ1v) is 9.89. The van der Waals surface area contributed by atoms with Crippen molar-refractivity contribution in [3.63, 3.8) is 0 Å². The van der Waals surface area contributed by atoms with E-state index in [9.17, 15) is 19.1 Å². The molecule has 2 heterocycles. The number of furan rings is 1. The van der Waals surface area contributed by atoms with Gasteiger partial charge in [0.1, 0.15) is 5.69 Å². The van der Waals surface area contributed by atoms with Gasteiger partial charge in [0.2, 0.25) is 5.76 Å². The molecule has 0 unspecified atom stereocenters. The number of nitrogens with zero attached hydrogens (tertiary/aromatic N) is 1. The second-order valence-electron chi connectivity index (χ2n) is 6.50. The number of anilines is 1. The summed E-state index contributed by atoms with van der Waals surface area (Å²) >= 11 is 3.21. The van der Waals surface area contributed by atoms with Gasteiger partial charge in [0.05, 0.1) is 12.7 Å². The molecule has 1 saturated heterocycles. The van der Waals surface area contributed by atoms with Gasteiger partial charge in [-0.2, -0.15) is 0 Å². The number of carboxylic acid groups (broad SMARTS) is 1. The van der Waals surface area contributed by atoms with Crippen LogP contribution in [0.25, 0.3) is 11.0 Å². The summed E-state index contributed by atoms with van der Waals surface area (Å²) in [6.45, 7) is 4.18. The van der Waals surface area contributed by atoms with Crippen LogP contribution in [-0.4, -0.2) is 42.5 Å². The van der Waals surface area contributed by atoms with Gasteiger partial charge in [0.25, 0.3) is 0 Å². The number of benzene rings is 1. The molecule has 1 aromatic carbocycles. The molecule has 0 spiro atoms. The van der Waals surface area contributed by atoms with Gasteiger partial charge >= 0.3 is 12.1 Å². The Hall–Kier alpha value is -2.13. The van der Waals surface area contributed by atoms with Crippen molar-refractivity contribution < 1.29 is 33.0 Å². The van der Waals surface area contributed by atoms with E-state index < -0.39 is 23.6 Å². The van der Waals surface area contributed by atoms with Crippen LogP contribution in [0.5, 0.6) is 0 Å². The van der Waals surface area contributed by atoms with E-state index in [1.807, 2.05) is 6.92 Å². The van der Waals surface area contributed by atoms with Crippen LogP contribution in [0.1, 0.15) is 43.7 Å². The highest BCUT2D eigenvalue weighted by atomic mass is 79.9. The Bertz CT molecular complexity index is 898. The largest absolute Gasteiger partial charge is 0.475 e. The SMILES string of the molecule is CCOC(=O)N(c1c(C(=O)O)oc2c(F)cc(Br)cc12)[C@H]1CCO[C@@H](CC)C1. The van der Waals surface area contributed by atoms with Gasteiger partial charge in [-0.05, 0) is 38.3 Å². The summed E-state index contributed by atoms with van der Waals surface area (Å²) in [6, 6.07) is 2.35. The third kappa shape index (κ3) is 3.86. The van der Waals surface area contributed by atoms with E-state index in [0.717, 1.165) is 6.42 Å². The van der Waals surface area contributed by atoms with Crippen LogP contribution in [0.3, 0.4) is 0 Å². The van der Waals surface area contributed by atoms with Crippen molar-refractivity contribution in [2.75, 3.05) is 18.1 Å². The minimum Gasteiger partial charge on any atom is -0.475 e. The number of halogens is 2. The normalized spacial score (nSPS) is 19.6. The molecule has 1 aromatic heterocycles. The number of carbonyl (C=O) groups excluding carboxylic acids is 1. The highest BCUT2D eigenvalue weighted by molar-refractivity contribution is 9.10. The van der Waals surface area contributed by atoms with Crippen LogP contribution < -0.4 is 4.90 Å². The molecule has 3 rings (SSSR count). The number of carbonyl (C=O) groups is 2. The monoisotopic (exact) mass is 457 g/mol. The number of hydrogen-bond donors (Lipinski definition) is 1. The second-order valence-corrected chi connectivity index (χ2v) is 7.41. The first kappa shape index (κ1) is 20.6. The minimum absolute atomic E-state index is 0.00269. The van der Waals surface area contributed by atoms with Gasteiger partial charge in [-0.15, -0.1) is 0 Å². The maximum absolute atomic E-state index is 14.4. The Morgan fingerprint density at radius 2 is 2.14 bits per heavy atom. The minimum atomic E-state index is -1.39.